The van der Waals surface area contributed by atoms with Crippen LogP contribution >= 0.6 is 11.3 Å². The molecular formula is C15H25N3S. The topological polar surface area (TPSA) is 27.6 Å². The molecule has 1 aromatic heterocycles. The van der Waals surface area contributed by atoms with Gasteiger partial charge in [0.25, 0.3) is 0 Å². The molecule has 0 aromatic carbocycles. The van der Waals surface area contributed by atoms with Crippen molar-refractivity contribution < 1.29 is 0 Å². The van der Waals surface area contributed by atoms with Gasteiger partial charge in [0.15, 0.2) is 5.96 Å². The summed E-state index contributed by atoms with van der Waals surface area (Å²) in [7, 11) is 0. The van der Waals surface area contributed by atoms with Gasteiger partial charge < -0.3 is 10.2 Å². The van der Waals surface area contributed by atoms with Crippen LogP contribution in [0.1, 0.15) is 39.5 Å². The monoisotopic (exact) mass is 279 g/mol. The molecule has 0 unspecified atom stereocenters. The van der Waals surface area contributed by atoms with Gasteiger partial charge in [-0.2, -0.15) is 0 Å². The minimum Gasteiger partial charge on any atom is -0.356 e. The summed E-state index contributed by atoms with van der Waals surface area (Å²) in [4.78, 5) is 8.49. The van der Waals surface area contributed by atoms with Crippen LogP contribution in [0, 0.1) is 5.41 Å². The number of thiophene rings is 1. The molecule has 3 nitrogen and oxygen atoms in total. The summed E-state index contributed by atoms with van der Waals surface area (Å²) < 4.78 is 0. The molecular weight excluding hydrogens is 254 g/mol. The summed E-state index contributed by atoms with van der Waals surface area (Å²) in [6, 6.07) is 4.22. The van der Waals surface area contributed by atoms with E-state index in [1.165, 1.54) is 4.88 Å². The van der Waals surface area contributed by atoms with E-state index in [0.29, 0.717) is 5.41 Å². The molecule has 2 rings (SSSR count). The van der Waals surface area contributed by atoms with Crippen LogP contribution in [-0.4, -0.2) is 29.5 Å². The predicted octanol–water partition coefficient (Wildman–Crippen LogP) is 3.33. The Morgan fingerprint density at radius 1 is 1.42 bits per heavy atom. The third-order valence-corrected chi connectivity index (χ3v) is 5.30. The summed E-state index contributed by atoms with van der Waals surface area (Å²) in [5.74, 6) is 1.04. The maximum atomic E-state index is 4.78. The molecule has 0 radical (unpaired) electrons. The first kappa shape index (κ1) is 14.4. The zero-order valence-electron chi connectivity index (χ0n) is 12.7. The number of nitrogens with one attached hydrogen (secondary N) is 1. The minimum absolute atomic E-state index is 0.156. The van der Waals surface area contributed by atoms with Crippen LogP contribution in [0.15, 0.2) is 22.5 Å². The van der Waals surface area contributed by atoms with Crippen molar-refractivity contribution in [3.05, 3.63) is 22.4 Å². The molecule has 0 saturated carbocycles. The van der Waals surface area contributed by atoms with Gasteiger partial charge in [-0.1, -0.05) is 19.9 Å². The van der Waals surface area contributed by atoms with Crippen molar-refractivity contribution in [1.29, 1.82) is 0 Å². The largest absolute Gasteiger partial charge is 0.356 e. The van der Waals surface area contributed by atoms with Crippen LogP contribution in [0.3, 0.4) is 0 Å². The van der Waals surface area contributed by atoms with Crippen molar-refractivity contribution in [2.24, 2.45) is 10.4 Å². The number of nitrogens with zero attached hydrogens (tertiary/aromatic N) is 2. The Morgan fingerprint density at radius 3 is 2.63 bits per heavy atom. The van der Waals surface area contributed by atoms with Crippen LogP contribution in [0.4, 0.5) is 0 Å². The van der Waals surface area contributed by atoms with Crippen LogP contribution in [0.5, 0.6) is 0 Å². The van der Waals surface area contributed by atoms with E-state index in [9.17, 15) is 0 Å². The Bertz CT molecular complexity index is 446. The van der Waals surface area contributed by atoms with E-state index in [1.807, 2.05) is 0 Å². The summed E-state index contributed by atoms with van der Waals surface area (Å²) in [6.07, 6.45) is 0. The molecule has 0 amide bonds. The van der Waals surface area contributed by atoms with Crippen molar-refractivity contribution in [3.8, 4) is 0 Å². The quantitative estimate of drug-likeness (QED) is 0.679. The first-order valence-electron chi connectivity index (χ1n) is 6.97. The van der Waals surface area contributed by atoms with Crippen molar-refractivity contribution in [3.63, 3.8) is 0 Å². The zero-order valence-corrected chi connectivity index (χ0v) is 13.5. The number of hydrogen-bond acceptors (Lipinski definition) is 2. The summed E-state index contributed by atoms with van der Waals surface area (Å²) in [5.41, 5.74) is 0.496. The highest BCUT2D eigenvalue weighted by Gasteiger charge is 2.53. The molecule has 4 heteroatoms. The normalized spacial score (nSPS) is 21.1. The Labute approximate surface area is 120 Å². The van der Waals surface area contributed by atoms with Gasteiger partial charge in [0.2, 0.25) is 0 Å². The fraction of sp³-hybridized carbons (Fsp3) is 0.667. The lowest BCUT2D eigenvalue weighted by Gasteiger charge is -2.62. The Kier molecular flexibility index (Phi) is 3.90. The highest BCUT2D eigenvalue weighted by atomic mass is 32.1. The molecule has 1 aliphatic heterocycles. The van der Waals surface area contributed by atoms with Gasteiger partial charge in [-0.25, -0.2) is 4.99 Å². The van der Waals surface area contributed by atoms with Gasteiger partial charge >= 0.3 is 0 Å². The summed E-state index contributed by atoms with van der Waals surface area (Å²) in [5, 5.41) is 5.53. The maximum absolute atomic E-state index is 4.78. The fourth-order valence-corrected chi connectivity index (χ4v) is 2.98. The average molecular weight is 279 g/mol. The highest BCUT2D eigenvalue weighted by Crippen LogP contribution is 2.46. The number of rotatable bonds is 3. The second-order valence-electron chi connectivity index (χ2n) is 6.28. The molecule has 1 saturated heterocycles. The van der Waals surface area contributed by atoms with Crippen LogP contribution in [0.2, 0.25) is 0 Å². The second-order valence-corrected chi connectivity index (χ2v) is 7.31. The molecule has 0 aliphatic carbocycles. The Hall–Kier alpha value is -1.03. The van der Waals surface area contributed by atoms with E-state index in [-0.39, 0.29) is 5.54 Å². The molecule has 1 aromatic rings. The van der Waals surface area contributed by atoms with Crippen molar-refractivity contribution >= 4 is 17.3 Å². The SMILES string of the molecule is CCNC(=NCc1cccs1)N1CC(C)(C)C1(C)C. The van der Waals surface area contributed by atoms with E-state index in [4.69, 9.17) is 4.99 Å². The van der Waals surface area contributed by atoms with Crippen molar-refractivity contribution in [2.45, 2.75) is 46.7 Å². The minimum atomic E-state index is 0.156. The lowest BCUT2D eigenvalue weighted by atomic mass is 9.65. The Morgan fingerprint density at radius 2 is 2.16 bits per heavy atom. The second kappa shape index (κ2) is 5.16. The van der Waals surface area contributed by atoms with Gasteiger partial charge in [0, 0.05) is 28.9 Å². The first-order chi connectivity index (χ1) is 8.88. The summed E-state index contributed by atoms with van der Waals surface area (Å²) in [6.45, 7) is 14.1. The lowest BCUT2D eigenvalue weighted by molar-refractivity contribution is -0.0667. The number of aliphatic imine (C=N–C) groups is 1. The first-order valence-corrected chi connectivity index (χ1v) is 7.85. The third kappa shape index (κ3) is 2.64. The van der Waals surface area contributed by atoms with Crippen LogP contribution < -0.4 is 5.32 Å². The van der Waals surface area contributed by atoms with Gasteiger partial charge in [-0.3, -0.25) is 0 Å². The van der Waals surface area contributed by atoms with Gasteiger partial charge in [0.05, 0.1) is 6.54 Å². The maximum Gasteiger partial charge on any atom is 0.194 e. The molecule has 1 aliphatic rings. The fourth-order valence-electron chi connectivity index (χ4n) is 2.35. The molecule has 0 spiro atoms. The third-order valence-electron chi connectivity index (χ3n) is 4.44. The van der Waals surface area contributed by atoms with E-state index < -0.39 is 0 Å². The molecule has 106 valence electrons. The number of guanidine groups is 1. The number of hydrogen-bond donors (Lipinski definition) is 1. The molecule has 2 heterocycles. The van der Waals surface area contributed by atoms with E-state index in [1.54, 1.807) is 11.3 Å². The molecule has 1 fully saturated rings. The van der Waals surface area contributed by atoms with Crippen molar-refractivity contribution in [2.75, 3.05) is 13.1 Å². The Balaban J connectivity index is 2.11. The molecule has 1 N–H and O–H groups in total. The highest BCUT2D eigenvalue weighted by molar-refractivity contribution is 7.09. The molecule has 19 heavy (non-hydrogen) atoms. The van der Waals surface area contributed by atoms with E-state index in [0.717, 1.165) is 25.6 Å². The van der Waals surface area contributed by atoms with Gasteiger partial charge in [-0.05, 0) is 32.2 Å². The lowest BCUT2D eigenvalue weighted by Crippen LogP contribution is -2.72. The number of likely N-dealkylation sites (tertiary alicyclic amines) is 1. The molecule has 0 bridgehead atoms. The smallest absolute Gasteiger partial charge is 0.194 e. The van der Waals surface area contributed by atoms with Gasteiger partial charge in [0.1, 0.15) is 0 Å². The van der Waals surface area contributed by atoms with Crippen LogP contribution in [-0.2, 0) is 6.54 Å². The predicted molar refractivity (Wildman–Crippen MR) is 83.7 cm³/mol. The van der Waals surface area contributed by atoms with Gasteiger partial charge in [-0.15, -0.1) is 11.3 Å². The van der Waals surface area contributed by atoms with E-state index >= 15 is 0 Å². The van der Waals surface area contributed by atoms with E-state index in [2.05, 4.69) is 62.3 Å². The van der Waals surface area contributed by atoms with Crippen molar-refractivity contribution in [1.82, 2.24) is 10.2 Å². The van der Waals surface area contributed by atoms with Crippen LogP contribution in [0.25, 0.3) is 0 Å². The zero-order chi connectivity index (χ0) is 14.1. The summed E-state index contributed by atoms with van der Waals surface area (Å²) >= 11 is 1.77. The molecule has 0 atom stereocenters. The standard InChI is InChI=1S/C15H25N3S/c1-6-16-13(17-10-12-8-7-9-19-12)18-11-14(2,3)15(18,4)5/h7-9H,6,10-11H2,1-5H3,(H,16,17). The average Bonchev–Trinajstić information content (AvgIpc) is 2.85.